The van der Waals surface area contributed by atoms with Crippen LogP contribution in [0.3, 0.4) is 0 Å². The average molecular weight is 418 g/mol. The Bertz CT molecular complexity index is 1080. The third kappa shape index (κ3) is 4.31. The highest BCUT2D eigenvalue weighted by molar-refractivity contribution is 5.94. The second-order valence-corrected chi connectivity index (χ2v) is 8.32. The minimum absolute atomic E-state index is 0.123. The van der Waals surface area contributed by atoms with E-state index < -0.39 is 0 Å². The standard InChI is InChI=1S/C26H31N3O2/c1-19-8-5-6-11-24(19)27-12-14-28(15-13-27)26(30)25-20(2)16-21(3)29(25)18-22-9-7-10-23(17-22)31-4/h5-11,16-17H,12-15,18H2,1-4H3. The van der Waals surface area contributed by atoms with E-state index in [-0.39, 0.29) is 5.91 Å². The van der Waals surface area contributed by atoms with Gasteiger partial charge in [-0.25, -0.2) is 0 Å². The molecule has 5 heteroatoms. The van der Waals surface area contributed by atoms with Crippen LogP contribution in [0.5, 0.6) is 5.75 Å². The van der Waals surface area contributed by atoms with Gasteiger partial charge in [0.05, 0.1) is 7.11 Å². The van der Waals surface area contributed by atoms with Crippen molar-refractivity contribution in [1.82, 2.24) is 9.47 Å². The number of anilines is 1. The molecule has 4 rings (SSSR count). The second-order valence-electron chi connectivity index (χ2n) is 8.32. The van der Waals surface area contributed by atoms with Crippen LogP contribution >= 0.6 is 0 Å². The molecule has 162 valence electrons. The highest BCUT2D eigenvalue weighted by Gasteiger charge is 2.27. The van der Waals surface area contributed by atoms with Crippen molar-refractivity contribution in [1.29, 1.82) is 0 Å². The van der Waals surface area contributed by atoms with E-state index in [4.69, 9.17) is 4.74 Å². The van der Waals surface area contributed by atoms with Gasteiger partial charge in [-0.1, -0.05) is 30.3 Å². The SMILES string of the molecule is COc1cccc(Cn2c(C)cc(C)c2C(=O)N2CCN(c3ccccc3C)CC2)c1. The van der Waals surface area contributed by atoms with E-state index in [1.54, 1.807) is 7.11 Å². The number of piperazine rings is 1. The summed E-state index contributed by atoms with van der Waals surface area (Å²) in [5.41, 5.74) is 6.60. The molecular weight excluding hydrogens is 386 g/mol. The largest absolute Gasteiger partial charge is 0.497 e. The first kappa shape index (κ1) is 21.0. The van der Waals surface area contributed by atoms with Crippen molar-refractivity contribution in [3.63, 3.8) is 0 Å². The summed E-state index contributed by atoms with van der Waals surface area (Å²) in [6.45, 7) is 10.1. The average Bonchev–Trinajstić information content (AvgIpc) is 3.06. The number of hydrogen-bond acceptors (Lipinski definition) is 3. The predicted molar refractivity (Wildman–Crippen MR) is 125 cm³/mol. The molecule has 0 spiro atoms. The lowest BCUT2D eigenvalue weighted by Crippen LogP contribution is -2.49. The number of aryl methyl sites for hydroxylation is 3. The number of hydrogen-bond donors (Lipinski definition) is 0. The number of amides is 1. The van der Waals surface area contributed by atoms with Crippen LogP contribution in [0.4, 0.5) is 5.69 Å². The zero-order chi connectivity index (χ0) is 22.0. The number of nitrogens with zero attached hydrogens (tertiary/aromatic N) is 3. The molecule has 0 aliphatic carbocycles. The summed E-state index contributed by atoms with van der Waals surface area (Å²) < 4.78 is 7.51. The van der Waals surface area contributed by atoms with Crippen molar-refractivity contribution in [3.05, 3.63) is 82.7 Å². The molecule has 0 saturated carbocycles. The Labute approximate surface area is 184 Å². The minimum atomic E-state index is 0.123. The summed E-state index contributed by atoms with van der Waals surface area (Å²) in [7, 11) is 1.68. The summed E-state index contributed by atoms with van der Waals surface area (Å²) in [5.74, 6) is 0.956. The lowest BCUT2D eigenvalue weighted by atomic mass is 10.1. The van der Waals surface area contributed by atoms with Gasteiger partial charge in [0.15, 0.2) is 0 Å². The zero-order valence-electron chi connectivity index (χ0n) is 18.9. The van der Waals surface area contributed by atoms with Crippen LogP contribution < -0.4 is 9.64 Å². The third-order valence-corrected chi connectivity index (χ3v) is 6.20. The van der Waals surface area contributed by atoms with E-state index in [0.29, 0.717) is 6.54 Å². The Hall–Kier alpha value is -3.21. The van der Waals surface area contributed by atoms with Crippen LogP contribution in [0.2, 0.25) is 0 Å². The van der Waals surface area contributed by atoms with Gasteiger partial charge >= 0.3 is 0 Å². The molecule has 31 heavy (non-hydrogen) atoms. The molecule has 0 radical (unpaired) electrons. The topological polar surface area (TPSA) is 37.7 Å². The first-order valence-corrected chi connectivity index (χ1v) is 10.9. The summed E-state index contributed by atoms with van der Waals surface area (Å²) in [4.78, 5) is 17.9. The summed E-state index contributed by atoms with van der Waals surface area (Å²) >= 11 is 0. The number of carbonyl (C=O) groups excluding carboxylic acids is 1. The minimum Gasteiger partial charge on any atom is -0.497 e. The molecule has 0 atom stereocenters. The third-order valence-electron chi connectivity index (χ3n) is 6.20. The van der Waals surface area contributed by atoms with Gasteiger partial charge in [0, 0.05) is 44.1 Å². The van der Waals surface area contributed by atoms with Crippen LogP contribution in [0.15, 0.2) is 54.6 Å². The smallest absolute Gasteiger partial charge is 0.270 e. The van der Waals surface area contributed by atoms with Gasteiger partial charge in [-0.15, -0.1) is 0 Å². The van der Waals surface area contributed by atoms with Crippen molar-refractivity contribution >= 4 is 11.6 Å². The van der Waals surface area contributed by atoms with Crippen molar-refractivity contribution in [2.75, 3.05) is 38.2 Å². The Morgan fingerprint density at radius 1 is 0.903 bits per heavy atom. The normalized spacial score (nSPS) is 14.1. The molecule has 1 fully saturated rings. The highest BCUT2D eigenvalue weighted by atomic mass is 16.5. The van der Waals surface area contributed by atoms with Gasteiger partial charge in [0.2, 0.25) is 0 Å². The number of methoxy groups -OCH3 is 1. The van der Waals surface area contributed by atoms with Crippen LogP contribution in [0.1, 0.15) is 32.9 Å². The van der Waals surface area contributed by atoms with E-state index >= 15 is 0 Å². The van der Waals surface area contributed by atoms with Gasteiger partial charge in [-0.3, -0.25) is 4.79 Å². The van der Waals surface area contributed by atoms with Crippen LogP contribution in [0.25, 0.3) is 0 Å². The molecule has 1 aliphatic rings. The fourth-order valence-corrected chi connectivity index (χ4v) is 4.51. The van der Waals surface area contributed by atoms with Gasteiger partial charge in [0.25, 0.3) is 5.91 Å². The fourth-order valence-electron chi connectivity index (χ4n) is 4.51. The monoisotopic (exact) mass is 417 g/mol. The number of carbonyl (C=O) groups is 1. The predicted octanol–water partition coefficient (Wildman–Crippen LogP) is 4.43. The quantitative estimate of drug-likeness (QED) is 0.616. The van der Waals surface area contributed by atoms with Crippen molar-refractivity contribution < 1.29 is 9.53 Å². The highest BCUT2D eigenvalue weighted by Crippen LogP contribution is 2.24. The maximum atomic E-state index is 13.5. The molecule has 5 nitrogen and oxygen atoms in total. The van der Waals surface area contributed by atoms with Crippen LogP contribution in [-0.4, -0.2) is 48.7 Å². The number of rotatable bonds is 5. The number of para-hydroxylation sites is 1. The number of benzene rings is 2. The van der Waals surface area contributed by atoms with Gasteiger partial charge in [0.1, 0.15) is 11.4 Å². The van der Waals surface area contributed by atoms with Gasteiger partial charge in [-0.2, -0.15) is 0 Å². The summed E-state index contributed by atoms with van der Waals surface area (Å²) in [6, 6.07) is 18.6. The fraction of sp³-hybridized carbons (Fsp3) is 0.346. The van der Waals surface area contributed by atoms with E-state index in [1.165, 1.54) is 11.3 Å². The van der Waals surface area contributed by atoms with Crippen LogP contribution in [-0.2, 0) is 6.54 Å². The molecule has 3 aromatic rings. The van der Waals surface area contributed by atoms with E-state index in [2.05, 4.69) is 59.7 Å². The maximum Gasteiger partial charge on any atom is 0.270 e. The van der Waals surface area contributed by atoms with E-state index in [9.17, 15) is 4.79 Å². The lowest BCUT2D eigenvalue weighted by Gasteiger charge is -2.37. The summed E-state index contributed by atoms with van der Waals surface area (Å²) in [6.07, 6.45) is 0. The van der Waals surface area contributed by atoms with E-state index in [1.807, 2.05) is 30.0 Å². The van der Waals surface area contributed by atoms with Crippen molar-refractivity contribution in [2.24, 2.45) is 0 Å². The number of aromatic nitrogens is 1. The Kier molecular flexibility index (Phi) is 6.03. The maximum absolute atomic E-state index is 13.5. The first-order valence-electron chi connectivity index (χ1n) is 10.9. The molecule has 1 amide bonds. The molecule has 0 bridgehead atoms. The number of ether oxygens (including phenoxy) is 1. The molecule has 0 unspecified atom stereocenters. The van der Waals surface area contributed by atoms with Crippen LogP contribution in [0, 0.1) is 20.8 Å². The molecular formula is C26H31N3O2. The zero-order valence-corrected chi connectivity index (χ0v) is 18.9. The molecule has 1 aliphatic heterocycles. The first-order chi connectivity index (χ1) is 15.0. The Morgan fingerprint density at radius 3 is 2.35 bits per heavy atom. The van der Waals surface area contributed by atoms with Gasteiger partial charge < -0.3 is 19.1 Å². The Balaban J connectivity index is 1.52. The molecule has 0 N–H and O–H groups in total. The Morgan fingerprint density at radius 2 is 1.65 bits per heavy atom. The molecule has 2 aromatic carbocycles. The van der Waals surface area contributed by atoms with Crippen molar-refractivity contribution in [3.8, 4) is 5.75 Å². The molecule has 2 heterocycles. The molecule has 1 saturated heterocycles. The lowest BCUT2D eigenvalue weighted by molar-refractivity contribution is 0.0735. The summed E-state index contributed by atoms with van der Waals surface area (Å²) in [5, 5.41) is 0. The van der Waals surface area contributed by atoms with E-state index in [0.717, 1.165) is 54.4 Å². The second kappa shape index (κ2) is 8.88. The van der Waals surface area contributed by atoms with Crippen molar-refractivity contribution in [2.45, 2.75) is 27.3 Å². The molecule has 1 aromatic heterocycles. The van der Waals surface area contributed by atoms with Gasteiger partial charge in [-0.05, 0) is 61.7 Å².